The summed E-state index contributed by atoms with van der Waals surface area (Å²) in [6, 6.07) is 14.8. The maximum Gasteiger partial charge on any atom is 0.407 e. The van der Waals surface area contributed by atoms with Crippen molar-refractivity contribution in [3.8, 4) is 28.1 Å². The van der Waals surface area contributed by atoms with E-state index in [2.05, 4.69) is 52.8 Å². The Morgan fingerprint density at radius 3 is 2.76 bits per heavy atom. The zero-order valence-corrected chi connectivity index (χ0v) is 29.7. The minimum absolute atomic E-state index is 0.0453. The maximum atomic E-state index is 14.0. The number of aromatic nitrogens is 2. The van der Waals surface area contributed by atoms with E-state index in [4.69, 9.17) is 24.2 Å². The van der Waals surface area contributed by atoms with E-state index in [-0.39, 0.29) is 23.9 Å². The fourth-order valence-electron chi connectivity index (χ4n) is 9.22. The molecule has 4 aromatic rings. The Kier molecular flexibility index (Phi) is 7.90. The van der Waals surface area contributed by atoms with Gasteiger partial charge in [0.05, 0.1) is 30.7 Å². The fourth-order valence-corrected chi connectivity index (χ4v) is 9.22. The van der Waals surface area contributed by atoms with Crippen molar-refractivity contribution in [1.82, 2.24) is 20.2 Å². The van der Waals surface area contributed by atoms with Crippen molar-refractivity contribution >= 4 is 34.2 Å². The van der Waals surface area contributed by atoms with Gasteiger partial charge in [0, 0.05) is 43.4 Å². The second-order valence-electron chi connectivity index (χ2n) is 15.5. The average molecular weight is 688 g/mol. The highest BCUT2D eigenvalue weighted by molar-refractivity contribution is 6.07. The highest BCUT2D eigenvalue weighted by Crippen LogP contribution is 2.51. The third-order valence-corrected chi connectivity index (χ3v) is 12.0. The number of rotatable bonds is 8. The smallest absolute Gasteiger partial charge is 0.407 e. The van der Waals surface area contributed by atoms with E-state index in [9.17, 15) is 9.59 Å². The summed E-state index contributed by atoms with van der Waals surface area (Å²) in [4.78, 5) is 41.6. The molecule has 2 aliphatic carbocycles. The summed E-state index contributed by atoms with van der Waals surface area (Å²) in [5.74, 6) is 3.41. The van der Waals surface area contributed by atoms with Gasteiger partial charge in [-0.1, -0.05) is 32.0 Å². The van der Waals surface area contributed by atoms with Crippen LogP contribution in [0.15, 0.2) is 53.7 Å². The molecule has 9 rings (SSSR count). The number of nitrogens with zero attached hydrogens (tertiary/aromatic N) is 3. The molecule has 1 saturated heterocycles. The number of carbonyl (C=O) groups is 2. The number of benzene rings is 3. The number of fused-ring (bicyclic) bond motifs is 7. The highest BCUT2D eigenvalue weighted by Gasteiger charge is 2.56. The molecule has 6 atom stereocenters. The van der Waals surface area contributed by atoms with E-state index < -0.39 is 12.1 Å². The van der Waals surface area contributed by atoms with Crippen molar-refractivity contribution in [2.75, 3.05) is 20.8 Å². The van der Waals surface area contributed by atoms with E-state index in [0.29, 0.717) is 30.8 Å². The molecule has 3 fully saturated rings. The lowest BCUT2D eigenvalue weighted by Gasteiger charge is -2.33. The van der Waals surface area contributed by atoms with Crippen LogP contribution in [0.3, 0.4) is 0 Å². The van der Waals surface area contributed by atoms with Crippen molar-refractivity contribution in [1.29, 1.82) is 0 Å². The molecule has 0 spiro atoms. The first kappa shape index (κ1) is 32.2. The number of piperidine rings is 1. The SMILES string of the molecule is COC[C@@H]1CC[C@H](c2ncc(-c3ccc4c(c3)COc3cc5c6c(ccc5cc3-4)N=C([C@@H]3C[C@@H]4C[C@@H]4N3C(=O)[C@@H](NC(=O)OC)C(C)C)C6)[nH]2)C1. The molecule has 264 valence electrons. The third-order valence-electron chi connectivity index (χ3n) is 12.0. The van der Waals surface area contributed by atoms with E-state index >= 15 is 0 Å². The predicted octanol–water partition coefficient (Wildman–Crippen LogP) is 7.32. The van der Waals surface area contributed by atoms with Crippen LogP contribution in [0.25, 0.3) is 33.2 Å². The van der Waals surface area contributed by atoms with Gasteiger partial charge in [-0.15, -0.1) is 0 Å². The molecule has 10 nitrogen and oxygen atoms in total. The number of amides is 2. The van der Waals surface area contributed by atoms with Gasteiger partial charge >= 0.3 is 6.09 Å². The van der Waals surface area contributed by atoms with Crippen molar-refractivity contribution in [3.05, 3.63) is 65.6 Å². The summed E-state index contributed by atoms with van der Waals surface area (Å²) < 4.78 is 16.7. The number of ether oxygens (including phenoxy) is 3. The van der Waals surface area contributed by atoms with Crippen molar-refractivity contribution < 1.29 is 23.8 Å². The number of likely N-dealkylation sites (tertiary alicyclic amines) is 1. The highest BCUT2D eigenvalue weighted by atomic mass is 16.5. The Balaban J connectivity index is 0.954. The number of alkyl carbamates (subject to hydrolysis) is 1. The molecule has 2 amide bonds. The Morgan fingerprint density at radius 2 is 1.94 bits per heavy atom. The molecule has 2 saturated carbocycles. The number of aliphatic imine (C=N–C) groups is 1. The van der Waals surface area contributed by atoms with Gasteiger partial charge in [0.2, 0.25) is 5.91 Å². The second-order valence-corrected chi connectivity index (χ2v) is 15.5. The Hall–Kier alpha value is -4.70. The number of aromatic amines is 1. The zero-order valence-electron chi connectivity index (χ0n) is 29.7. The van der Waals surface area contributed by atoms with E-state index in [1.54, 1.807) is 7.11 Å². The third kappa shape index (κ3) is 5.59. The number of carbonyl (C=O) groups excluding carboxylic acids is 2. The minimum atomic E-state index is -0.643. The summed E-state index contributed by atoms with van der Waals surface area (Å²) in [5, 5.41) is 5.07. The van der Waals surface area contributed by atoms with Gasteiger partial charge in [-0.05, 0) is 107 Å². The van der Waals surface area contributed by atoms with Crippen LogP contribution in [-0.4, -0.2) is 71.5 Å². The lowest BCUT2D eigenvalue weighted by atomic mass is 9.90. The van der Waals surface area contributed by atoms with Gasteiger partial charge < -0.3 is 29.4 Å². The first-order valence-corrected chi connectivity index (χ1v) is 18.4. The Bertz CT molecular complexity index is 2090. The molecule has 10 heteroatoms. The number of imidazole rings is 1. The topological polar surface area (TPSA) is 118 Å². The van der Waals surface area contributed by atoms with E-state index in [1.165, 1.54) is 24.7 Å². The van der Waals surface area contributed by atoms with Crippen LogP contribution in [0.1, 0.15) is 68.8 Å². The number of H-pyrrole nitrogens is 1. The lowest BCUT2D eigenvalue weighted by Crippen LogP contribution is -2.55. The Labute approximate surface area is 298 Å². The number of hydrogen-bond acceptors (Lipinski definition) is 7. The van der Waals surface area contributed by atoms with Crippen molar-refractivity contribution in [2.45, 2.75) is 83.0 Å². The van der Waals surface area contributed by atoms with Crippen LogP contribution in [0.4, 0.5) is 10.5 Å². The van der Waals surface area contributed by atoms with Crippen LogP contribution < -0.4 is 10.1 Å². The van der Waals surface area contributed by atoms with Crippen LogP contribution in [0.5, 0.6) is 5.75 Å². The van der Waals surface area contributed by atoms with Gasteiger partial charge in [-0.3, -0.25) is 9.79 Å². The first-order chi connectivity index (χ1) is 24.8. The van der Waals surface area contributed by atoms with Crippen molar-refractivity contribution in [3.63, 3.8) is 0 Å². The lowest BCUT2D eigenvalue weighted by molar-refractivity contribution is -0.135. The maximum absolute atomic E-state index is 14.0. The second kappa shape index (κ2) is 12.5. The molecule has 5 aliphatic rings. The summed E-state index contributed by atoms with van der Waals surface area (Å²) in [5.41, 5.74) is 8.78. The molecule has 0 radical (unpaired) electrons. The van der Waals surface area contributed by atoms with Crippen LogP contribution in [-0.2, 0) is 27.3 Å². The van der Waals surface area contributed by atoms with Crippen molar-refractivity contribution in [2.24, 2.45) is 22.7 Å². The normalized spacial score (nSPS) is 24.8. The summed E-state index contributed by atoms with van der Waals surface area (Å²) in [7, 11) is 3.11. The van der Waals surface area contributed by atoms with Gasteiger partial charge in [0.1, 0.15) is 24.2 Å². The molecule has 3 aromatic carbocycles. The standard InChI is InChI=1S/C41H45N5O5/c1-21(2)38(45-41(48)50-4)40(47)46-35-14-26(35)15-36(46)33-16-30-29-17-37-31(13-23(29)8-10-32(30)43-33)28-9-7-24(12-27(28)20-51-37)34-18-42-39(44-34)25-6-5-22(11-25)19-49-3/h7-10,12-13,17-18,21-22,25-26,35-36,38H,5-6,11,14-16,19-20H2,1-4H3,(H,42,44)(H,45,48)/t22-,25+,26+,35+,36+,38+/m1/s1. The molecule has 1 aromatic heterocycles. The molecule has 2 N–H and O–H groups in total. The number of hydrogen-bond donors (Lipinski definition) is 2. The average Bonchev–Trinajstić information content (AvgIpc) is 3.64. The molecule has 51 heavy (non-hydrogen) atoms. The molecule has 3 aliphatic heterocycles. The summed E-state index contributed by atoms with van der Waals surface area (Å²) in [6.07, 6.45) is 7.46. The van der Waals surface area contributed by atoms with Crippen LogP contribution >= 0.6 is 0 Å². The molecule has 4 heterocycles. The molecular weight excluding hydrogens is 642 g/mol. The zero-order chi connectivity index (χ0) is 35.0. The first-order valence-electron chi connectivity index (χ1n) is 18.4. The van der Waals surface area contributed by atoms with Gasteiger partial charge in [-0.2, -0.15) is 0 Å². The van der Waals surface area contributed by atoms with Crippen LogP contribution in [0.2, 0.25) is 0 Å². The Morgan fingerprint density at radius 1 is 1.06 bits per heavy atom. The van der Waals surface area contributed by atoms with Crippen LogP contribution in [0, 0.1) is 17.8 Å². The quantitative estimate of drug-likeness (QED) is 0.201. The summed E-state index contributed by atoms with van der Waals surface area (Å²) in [6.45, 7) is 5.23. The van der Waals surface area contributed by atoms with Gasteiger partial charge in [0.15, 0.2) is 0 Å². The monoisotopic (exact) mass is 687 g/mol. The largest absolute Gasteiger partial charge is 0.488 e. The molecule has 0 bridgehead atoms. The fraction of sp³-hybridized carbons (Fsp3) is 0.463. The van der Waals surface area contributed by atoms with Gasteiger partial charge in [0.25, 0.3) is 0 Å². The van der Waals surface area contributed by atoms with E-state index in [1.807, 2.05) is 24.9 Å². The number of nitrogens with one attached hydrogen (secondary N) is 2. The predicted molar refractivity (Wildman–Crippen MR) is 195 cm³/mol. The summed E-state index contributed by atoms with van der Waals surface area (Å²) >= 11 is 0. The number of methoxy groups -OCH3 is 2. The van der Waals surface area contributed by atoms with Gasteiger partial charge in [-0.25, -0.2) is 9.78 Å². The van der Waals surface area contributed by atoms with E-state index in [0.717, 1.165) is 88.4 Å². The minimum Gasteiger partial charge on any atom is -0.488 e. The molecule has 0 unspecified atom stereocenters. The molecular formula is C41H45N5O5.